The molecule has 0 heterocycles. The summed E-state index contributed by atoms with van der Waals surface area (Å²) in [6.07, 6.45) is 2.86. The average Bonchev–Trinajstić information content (AvgIpc) is 2.39. The van der Waals surface area contributed by atoms with Gasteiger partial charge in [0.2, 0.25) is 0 Å². The van der Waals surface area contributed by atoms with Gasteiger partial charge in [0.1, 0.15) is 6.61 Å². The summed E-state index contributed by atoms with van der Waals surface area (Å²) in [7, 11) is 0. The molecule has 2 aliphatic rings. The van der Waals surface area contributed by atoms with E-state index in [1.165, 1.54) is 0 Å². The second kappa shape index (κ2) is 5.39. The maximum Gasteiger partial charge on any atom is 0.407 e. The molecule has 2 fully saturated rings. The molecule has 5 heteroatoms. The Morgan fingerprint density at radius 3 is 2.57 bits per heavy atom. The second-order valence-electron chi connectivity index (χ2n) is 5.97. The number of carbonyl (C=O) groups is 2. The van der Waals surface area contributed by atoms with Crippen LogP contribution < -0.4 is 5.32 Å². The summed E-state index contributed by atoms with van der Waals surface area (Å²) in [5, 5.41) is 12.0. The smallest absolute Gasteiger partial charge is 0.407 e. The van der Waals surface area contributed by atoms with Gasteiger partial charge in [-0.25, -0.2) is 4.79 Å². The molecule has 2 aliphatic carbocycles. The van der Waals surface area contributed by atoms with E-state index in [1.54, 1.807) is 0 Å². The van der Waals surface area contributed by atoms with Gasteiger partial charge in [0.05, 0.1) is 5.92 Å². The number of aliphatic carboxylic acids is 1. The summed E-state index contributed by atoms with van der Waals surface area (Å²) in [4.78, 5) is 23.0. The molecule has 1 aromatic carbocycles. The van der Waals surface area contributed by atoms with Crippen molar-refractivity contribution in [3.8, 4) is 0 Å². The van der Waals surface area contributed by atoms with Gasteiger partial charge in [0.25, 0.3) is 0 Å². The number of hydrogen-bond donors (Lipinski definition) is 2. The number of alkyl carbamates (subject to hydrolysis) is 1. The molecule has 1 aromatic rings. The number of nitrogens with one attached hydrogen (secondary N) is 1. The predicted molar refractivity (Wildman–Crippen MR) is 75.6 cm³/mol. The van der Waals surface area contributed by atoms with Crippen molar-refractivity contribution in [1.82, 2.24) is 5.32 Å². The maximum atomic E-state index is 11.8. The lowest BCUT2D eigenvalue weighted by Gasteiger charge is -2.59. The minimum atomic E-state index is -0.745. The minimum Gasteiger partial charge on any atom is -0.481 e. The molecule has 0 saturated heterocycles. The van der Waals surface area contributed by atoms with E-state index in [1.807, 2.05) is 30.3 Å². The number of amides is 1. The molecule has 2 saturated carbocycles. The highest BCUT2D eigenvalue weighted by Crippen LogP contribution is 2.59. The highest BCUT2D eigenvalue weighted by molar-refractivity contribution is 5.75. The van der Waals surface area contributed by atoms with E-state index < -0.39 is 12.1 Å². The molecule has 0 unspecified atom stereocenters. The molecule has 112 valence electrons. The number of carbonyl (C=O) groups excluding carboxylic acids is 1. The van der Waals surface area contributed by atoms with E-state index in [9.17, 15) is 14.7 Å². The molecule has 21 heavy (non-hydrogen) atoms. The highest BCUT2D eigenvalue weighted by atomic mass is 16.5. The zero-order valence-electron chi connectivity index (χ0n) is 11.7. The van der Waals surface area contributed by atoms with E-state index in [0.717, 1.165) is 24.8 Å². The van der Waals surface area contributed by atoms with Crippen molar-refractivity contribution < 1.29 is 19.4 Å². The minimum absolute atomic E-state index is 0.0596. The summed E-state index contributed by atoms with van der Waals surface area (Å²) in [5.74, 6) is -1.06. The van der Waals surface area contributed by atoms with E-state index in [2.05, 4.69) is 5.32 Å². The van der Waals surface area contributed by atoms with Crippen LogP contribution in [0.15, 0.2) is 30.3 Å². The summed E-state index contributed by atoms with van der Waals surface area (Å²) in [5.41, 5.74) is 0.709. The van der Waals surface area contributed by atoms with Gasteiger partial charge < -0.3 is 15.2 Å². The van der Waals surface area contributed by atoms with Gasteiger partial charge in [0.15, 0.2) is 0 Å². The molecule has 0 radical (unpaired) electrons. The lowest BCUT2D eigenvalue weighted by atomic mass is 9.47. The highest BCUT2D eigenvalue weighted by Gasteiger charge is 2.61. The molecule has 2 N–H and O–H groups in total. The molecule has 2 atom stereocenters. The van der Waals surface area contributed by atoms with E-state index in [0.29, 0.717) is 6.42 Å². The standard InChI is InChI=1S/C16H19NO4/c18-14(19)12-9-13(16(12)7-4-8-16)17-15(20)21-10-11-5-2-1-3-6-11/h1-3,5-6,12-13H,4,7-10H2,(H,17,20)(H,18,19)/t12-,13-/m0/s1. The predicted octanol–water partition coefficient (Wildman–Crippen LogP) is 2.56. The number of carboxylic acids is 1. The zero-order chi connectivity index (χ0) is 14.9. The summed E-state index contributed by atoms with van der Waals surface area (Å²) in [6.45, 7) is 0.231. The monoisotopic (exact) mass is 289 g/mol. The van der Waals surface area contributed by atoms with Crippen LogP contribution in [0.4, 0.5) is 4.79 Å². The topological polar surface area (TPSA) is 75.6 Å². The quantitative estimate of drug-likeness (QED) is 0.893. The fraction of sp³-hybridized carbons (Fsp3) is 0.500. The molecule has 1 spiro atoms. The molecule has 3 rings (SSSR count). The Morgan fingerprint density at radius 2 is 2.00 bits per heavy atom. The van der Waals surface area contributed by atoms with Gasteiger partial charge in [-0.05, 0) is 24.8 Å². The van der Waals surface area contributed by atoms with Gasteiger partial charge in [-0.2, -0.15) is 0 Å². The lowest BCUT2D eigenvalue weighted by molar-refractivity contribution is -0.167. The Morgan fingerprint density at radius 1 is 1.29 bits per heavy atom. The fourth-order valence-corrected chi connectivity index (χ4v) is 3.53. The van der Waals surface area contributed by atoms with Crippen molar-refractivity contribution in [2.45, 2.75) is 38.3 Å². The Bertz CT molecular complexity index is 538. The fourth-order valence-electron chi connectivity index (χ4n) is 3.53. The molecule has 1 amide bonds. The third-order valence-electron chi connectivity index (χ3n) is 4.95. The number of rotatable bonds is 4. The maximum absolute atomic E-state index is 11.8. The normalized spacial score (nSPS) is 25.5. The number of hydrogen-bond acceptors (Lipinski definition) is 3. The van der Waals surface area contributed by atoms with Crippen molar-refractivity contribution in [2.75, 3.05) is 0 Å². The van der Waals surface area contributed by atoms with Crippen LogP contribution in [-0.2, 0) is 16.1 Å². The lowest BCUT2D eigenvalue weighted by Crippen LogP contribution is -2.66. The Hall–Kier alpha value is -2.04. The summed E-state index contributed by atoms with van der Waals surface area (Å²) < 4.78 is 5.19. The van der Waals surface area contributed by atoms with Crippen molar-refractivity contribution in [2.24, 2.45) is 11.3 Å². The molecule has 0 aromatic heterocycles. The van der Waals surface area contributed by atoms with Crippen LogP contribution in [0.5, 0.6) is 0 Å². The number of benzene rings is 1. The Kier molecular flexibility index (Phi) is 3.57. The van der Waals surface area contributed by atoms with E-state index in [-0.39, 0.29) is 24.0 Å². The van der Waals surface area contributed by atoms with Crippen molar-refractivity contribution in [3.05, 3.63) is 35.9 Å². The number of carboxylic acid groups (broad SMARTS) is 1. The first-order valence-electron chi connectivity index (χ1n) is 7.32. The van der Waals surface area contributed by atoms with Gasteiger partial charge in [-0.1, -0.05) is 36.8 Å². The molecule has 0 aliphatic heterocycles. The summed E-state index contributed by atoms with van der Waals surface area (Å²) >= 11 is 0. The number of ether oxygens (including phenoxy) is 1. The molecule has 5 nitrogen and oxygen atoms in total. The van der Waals surface area contributed by atoms with Crippen LogP contribution >= 0.6 is 0 Å². The van der Waals surface area contributed by atoms with Crippen molar-refractivity contribution >= 4 is 12.1 Å². The SMILES string of the molecule is O=C(N[C@H]1C[C@@H](C(=O)O)C12CCC2)OCc1ccccc1. The van der Waals surface area contributed by atoms with Crippen LogP contribution in [0.1, 0.15) is 31.2 Å². The van der Waals surface area contributed by atoms with E-state index in [4.69, 9.17) is 4.74 Å². The van der Waals surface area contributed by atoms with Gasteiger partial charge in [-0.15, -0.1) is 0 Å². The second-order valence-corrected chi connectivity index (χ2v) is 5.97. The summed E-state index contributed by atoms with van der Waals surface area (Å²) in [6, 6.07) is 9.42. The third kappa shape index (κ3) is 2.48. The van der Waals surface area contributed by atoms with Gasteiger partial charge in [-0.3, -0.25) is 4.79 Å². The van der Waals surface area contributed by atoms with Crippen LogP contribution in [0.3, 0.4) is 0 Å². The van der Waals surface area contributed by atoms with Gasteiger partial charge in [0, 0.05) is 11.5 Å². The van der Waals surface area contributed by atoms with E-state index >= 15 is 0 Å². The zero-order valence-corrected chi connectivity index (χ0v) is 11.7. The van der Waals surface area contributed by atoms with Crippen LogP contribution in [0.25, 0.3) is 0 Å². The largest absolute Gasteiger partial charge is 0.481 e. The Balaban J connectivity index is 1.51. The first-order valence-corrected chi connectivity index (χ1v) is 7.32. The first kappa shape index (κ1) is 13.9. The van der Waals surface area contributed by atoms with Gasteiger partial charge >= 0.3 is 12.1 Å². The van der Waals surface area contributed by atoms with Crippen molar-refractivity contribution in [1.29, 1.82) is 0 Å². The Labute approximate surface area is 123 Å². The van der Waals surface area contributed by atoms with Crippen LogP contribution in [-0.4, -0.2) is 23.2 Å². The van der Waals surface area contributed by atoms with Crippen LogP contribution in [0, 0.1) is 11.3 Å². The third-order valence-corrected chi connectivity index (χ3v) is 4.95. The first-order chi connectivity index (χ1) is 10.1. The van der Waals surface area contributed by atoms with Crippen molar-refractivity contribution in [3.63, 3.8) is 0 Å². The molecule has 0 bridgehead atoms. The average molecular weight is 289 g/mol. The molecular formula is C16H19NO4. The van der Waals surface area contributed by atoms with Crippen LogP contribution in [0.2, 0.25) is 0 Å². The molecular weight excluding hydrogens is 270 g/mol.